The first-order valence-corrected chi connectivity index (χ1v) is 2.93. The molecule has 1 aliphatic heterocycles. The highest BCUT2D eigenvalue weighted by Gasteiger charge is 1.71. The van der Waals surface area contributed by atoms with Crippen molar-refractivity contribution in [1.29, 1.82) is 0 Å². The third kappa shape index (κ3) is 5.96. The lowest BCUT2D eigenvalue weighted by molar-refractivity contribution is 1.63. The van der Waals surface area contributed by atoms with Gasteiger partial charge in [0.1, 0.15) is 0 Å². The van der Waals surface area contributed by atoms with Crippen molar-refractivity contribution in [2.75, 3.05) is 0 Å². The van der Waals surface area contributed by atoms with E-state index in [0.717, 1.165) is 0 Å². The van der Waals surface area contributed by atoms with Gasteiger partial charge in [0.15, 0.2) is 0 Å². The van der Waals surface area contributed by atoms with Crippen LogP contribution in [-0.4, -0.2) is 6.21 Å². The van der Waals surface area contributed by atoms with Crippen molar-refractivity contribution in [2.45, 2.75) is 0 Å². The largest absolute Gasteiger partial charge is 0.264 e. The molecule has 52 valence electrons. The van der Waals surface area contributed by atoms with Crippen LogP contribution in [0.1, 0.15) is 0 Å². The van der Waals surface area contributed by atoms with E-state index < -0.39 is 0 Å². The summed E-state index contributed by atoms with van der Waals surface area (Å²) in [6.07, 6.45) is 5.44. The lowest BCUT2D eigenvalue weighted by Crippen LogP contribution is -1.52. The number of aliphatic imine (C=N–C) groups is 1. The van der Waals surface area contributed by atoms with Crippen molar-refractivity contribution in [3.63, 3.8) is 0 Å². The maximum atomic E-state index is 3.86. The lowest BCUT2D eigenvalue weighted by Gasteiger charge is -1.68. The fourth-order valence-corrected chi connectivity index (χ4v) is 0.688. The number of hydrogen-bond donors (Lipinski definition) is 0. The number of allylic oxidation sites excluding steroid dienone is 1. The van der Waals surface area contributed by atoms with Crippen molar-refractivity contribution >= 4 is 42.8 Å². The molecule has 0 unspecified atom stereocenters. The number of rotatable bonds is 0. The van der Waals surface area contributed by atoms with Crippen molar-refractivity contribution in [3.8, 4) is 0 Å². The Morgan fingerprint density at radius 3 is 2.67 bits per heavy atom. The van der Waals surface area contributed by atoms with Crippen LogP contribution in [0.4, 0.5) is 0 Å². The van der Waals surface area contributed by atoms with Gasteiger partial charge in [0.25, 0.3) is 0 Å². The molecule has 0 aromatic carbocycles. The van der Waals surface area contributed by atoms with E-state index in [0.29, 0.717) is 0 Å². The van der Waals surface area contributed by atoms with E-state index in [1.54, 1.807) is 24.2 Å². The Kier molecular flexibility index (Phi) is 10.6. The molecule has 0 saturated carbocycles. The molecule has 0 aromatic rings. The van der Waals surface area contributed by atoms with Crippen LogP contribution in [0.2, 0.25) is 0 Å². The highest BCUT2D eigenvalue weighted by Crippen LogP contribution is 2.04. The Bertz CT molecular complexity index is 117. The zero-order chi connectivity index (χ0) is 4.95. The van der Waals surface area contributed by atoms with Crippen LogP contribution in [0.25, 0.3) is 0 Å². The monoisotopic (exact) mass is 183 g/mol. The van der Waals surface area contributed by atoms with Gasteiger partial charge in [0, 0.05) is 12.4 Å². The summed E-state index contributed by atoms with van der Waals surface area (Å²) in [6, 6.07) is 0. The summed E-state index contributed by atoms with van der Waals surface area (Å²) >= 11 is 1.63. The molecular formula is C5H7Cl2NS. The fourth-order valence-electron chi connectivity index (χ4n) is 0.296. The molecule has 0 radical (unpaired) electrons. The predicted molar refractivity (Wildman–Crippen MR) is 48.9 cm³/mol. The zero-order valence-electron chi connectivity index (χ0n) is 4.56. The van der Waals surface area contributed by atoms with E-state index in [1.807, 2.05) is 16.9 Å². The van der Waals surface area contributed by atoms with Gasteiger partial charge < -0.3 is 0 Å². The SMILES string of the molecule is C1=CSC=CN=C1.Cl.Cl. The summed E-state index contributed by atoms with van der Waals surface area (Å²) in [5, 5.41) is 3.91. The van der Waals surface area contributed by atoms with Crippen molar-refractivity contribution < 1.29 is 0 Å². The molecular weight excluding hydrogens is 177 g/mol. The number of halogens is 2. The van der Waals surface area contributed by atoms with Crippen molar-refractivity contribution in [2.24, 2.45) is 4.99 Å². The van der Waals surface area contributed by atoms with Crippen molar-refractivity contribution in [1.82, 2.24) is 0 Å². The van der Waals surface area contributed by atoms with Gasteiger partial charge in [0.2, 0.25) is 0 Å². The Hall–Kier alpha value is 0.0800. The lowest BCUT2D eigenvalue weighted by atomic mass is 10.7. The molecule has 1 rings (SSSR count). The second-order valence-corrected chi connectivity index (χ2v) is 1.86. The summed E-state index contributed by atoms with van der Waals surface area (Å²) < 4.78 is 0. The highest BCUT2D eigenvalue weighted by molar-refractivity contribution is 8.04. The number of hydrogen-bond acceptors (Lipinski definition) is 2. The van der Waals surface area contributed by atoms with E-state index in [1.165, 1.54) is 0 Å². The van der Waals surface area contributed by atoms with Gasteiger partial charge in [-0.05, 0) is 16.9 Å². The summed E-state index contributed by atoms with van der Waals surface area (Å²) in [5.41, 5.74) is 0. The number of thioether (sulfide) groups is 1. The van der Waals surface area contributed by atoms with Gasteiger partial charge in [-0.25, -0.2) is 0 Å². The normalized spacial score (nSPS) is 13.3. The molecule has 0 aromatic heterocycles. The maximum Gasteiger partial charge on any atom is 0.0334 e. The maximum absolute atomic E-state index is 3.86. The molecule has 1 aliphatic rings. The molecule has 0 fully saturated rings. The highest BCUT2D eigenvalue weighted by atomic mass is 35.5. The van der Waals surface area contributed by atoms with E-state index in [2.05, 4.69) is 4.99 Å². The topological polar surface area (TPSA) is 12.4 Å². The third-order valence-corrected chi connectivity index (χ3v) is 1.15. The van der Waals surface area contributed by atoms with E-state index in [9.17, 15) is 0 Å². The van der Waals surface area contributed by atoms with Crippen LogP contribution in [0, 0.1) is 0 Å². The molecule has 9 heavy (non-hydrogen) atoms. The molecule has 0 spiro atoms. The first-order valence-electron chi connectivity index (χ1n) is 1.99. The first kappa shape index (κ1) is 11.8. The molecule has 0 saturated heterocycles. The van der Waals surface area contributed by atoms with E-state index in [-0.39, 0.29) is 24.8 Å². The molecule has 1 nitrogen and oxygen atoms in total. The summed E-state index contributed by atoms with van der Waals surface area (Å²) in [6.45, 7) is 0. The first-order chi connectivity index (χ1) is 3.50. The minimum atomic E-state index is 0. The minimum absolute atomic E-state index is 0. The standard InChI is InChI=1S/C5H5NS.2ClH/c1-2-6-3-5-7-4-1;;/h1-5H;2*1H. The van der Waals surface area contributed by atoms with Gasteiger partial charge in [-0.2, -0.15) is 0 Å². The minimum Gasteiger partial charge on any atom is -0.264 e. The van der Waals surface area contributed by atoms with Gasteiger partial charge in [-0.3, -0.25) is 4.99 Å². The zero-order valence-corrected chi connectivity index (χ0v) is 7.01. The Morgan fingerprint density at radius 1 is 1.11 bits per heavy atom. The summed E-state index contributed by atoms with van der Waals surface area (Å²) in [4.78, 5) is 3.86. The second-order valence-electron chi connectivity index (χ2n) is 1.05. The predicted octanol–water partition coefficient (Wildman–Crippen LogP) is 2.63. The third-order valence-electron chi connectivity index (χ3n) is 0.555. The molecule has 0 amide bonds. The van der Waals surface area contributed by atoms with E-state index in [4.69, 9.17) is 0 Å². The summed E-state index contributed by atoms with van der Waals surface area (Å²) in [5.74, 6) is 0. The van der Waals surface area contributed by atoms with Gasteiger partial charge in [-0.15, -0.1) is 36.6 Å². The van der Waals surface area contributed by atoms with Crippen LogP contribution in [0.3, 0.4) is 0 Å². The molecule has 1 heterocycles. The molecule has 0 bridgehead atoms. The van der Waals surface area contributed by atoms with Gasteiger partial charge >= 0.3 is 0 Å². The van der Waals surface area contributed by atoms with Crippen LogP contribution in [0.15, 0.2) is 28.1 Å². The van der Waals surface area contributed by atoms with Crippen LogP contribution < -0.4 is 0 Å². The number of nitrogens with zero attached hydrogens (tertiary/aromatic N) is 1. The molecule has 4 heteroatoms. The second kappa shape index (κ2) is 8.08. The average molecular weight is 184 g/mol. The average Bonchev–Trinajstić information content (AvgIpc) is 1.90. The van der Waals surface area contributed by atoms with Crippen LogP contribution in [0.5, 0.6) is 0 Å². The fraction of sp³-hybridized carbons (Fsp3) is 0. The Labute approximate surface area is 71.1 Å². The smallest absolute Gasteiger partial charge is 0.0334 e. The quantitative estimate of drug-likeness (QED) is 0.563. The summed E-state index contributed by atoms with van der Waals surface area (Å²) in [7, 11) is 0. The Morgan fingerprint density at radius 2 is 1.89 bits per heavy atom. The molecule has 0 N–H and O–H groups in total. The van der Waals surface area contributed by atoms with E-state index >= 15 is 0 Å². The molecule has 0 atom stereocenters. The van der Waals surface area contributed by atoms with Crippen LogP contribution >= 0.6 is 36.6 Å². The Balaban J connectivity index is 0. The van der Waals surface area contributed by atoms with Gasteiger partial charge in [-0.1, -0.05) is 0 Å². The molecule has 0 aliphatic carbocycles. The van der Waals surface area contributed by atoms with Crippen LogP contribution in [-0.2, 0) is 0 Å². The van der Waals surface area contributed by atoms with Gasteiger partial charge in [0.05, 0.1) is 0 Å². The van der Waals surface area contributed by atoms with Crippen molar-refractivity contribution in [3.05, 3.63) is 23.1 Å².